The highest BCUT2D eigenvalue weighted by atomic mass is 35.5. The second kappa shape index (κ2) is 6.13. The maximum Gasteiger partial charge on any atom is 0.0785 e. The van der Waals surface area contributed by atoms with Crippen molar-refractivity contribution < 1.29 is 0 Å². The number of hydrogen-bond donors (Lipinski definition) is 1. The molecule has 1 aromatic rings. The van der Waals surface area contributed by atoms with Gasteiger partial charge in [0.25, 0.3) is 0 Å². The number of nitrogens with zero attached hydrogens (tertiary/aromatic N) is 2. The lowest BCUT2D eigenvalue weighted by atomic mass is 10.1. The first-order chi connectivity index (χ1) is 7.08. The second-order valence-corrected chi connectivity index (χ2v) is 4.97. The third kappa shape index (κ3) is 5.19. The third-order valence-electron chi connectivity index (χ3n) is 2.15. The lowest BCUT2D eigenvalue weighted by molar-refractivity contribution is 0.409. The Morgan fingerprint density at radius 1 is 1.40 bits per heavy atom. The zero-order chi connectivity index (χ0) is 11.3. The molecule has 4 heteroatoms. The van der Waals surface area contributed by atoms with Crippen LogP contribution in [0.5, 0.6) is 0 Å². The molecule has 1 atom stereocenters. The second-order valence-electron chi connectivity index (χ2n) is 4.54. The van der Waals surface area contributed by atoms with Gasteiger partial charge >= 0.3 is 0 Å². The molecule has 0 aliphatic rings. The van der Waals surface area contributed by atoms with E-state index in [9.17, 15) is 0 Å². The van der Waals surface area contributed by atoms with Gasteiger partial charge in [0.2, 0.25) is 0 Å². The molecule has 0 aliphatic carbocycles. The maximum atomic E-state index is 5.79. The first kappa shape index (κ1) is 12.5. The Balaban J connectivity index is 2.21. The molecule has 1 unspecified atom stereocenters. The molecule has 0 saturated carbocycles. The molecule has 1 rings (SSSR count). The van der Waals surface area contributed by atoms with Crippen molar-refractivity contribution in [2.45, 2.75) is 27.3 Å². The van der Waals surface area contributed by atoms with Gasteiger partial charge in [-0.05, 0) is 24.9 Å². The molecule has 0 aromatic carbocycles. The van der Waals surface area contributed by atoms with Crippen LogP contribution in [0.25, 0.3) is 0 Å². The zero-order valence-corrected chi connectivity index (χ0v) is 10.5. The fourth-order valence-electron chi connectivity index (χ4n) is 1.44. The fraction of sp³-hybridized carbons (Fsp3) is 0.727. The molecule has 0 amide bonds. The summed E-state index contributed by atoms with van der Waals surface area (Å²) in [6.07, 6.45) is 3.54. The van der Waals surface area contributed by atoms with Crippen LogP contribution in [0.4, 0.5) is 0 Å². The number of hydrogen-bond acceptors (Lipinski definition) is 2. The van der Waals surface area contributed by atoms with E-state index in [1.54, 1.807) is 6.20 Å². The van der Waals surface area contributed by atoms with Crippen molar-refractivity contribution in [1.82, 2.24) is 15.1 Å². The first-order valence-electron chi connectivity index (χ1n) is 5.46. The summed E-state index contributed by atoms with van der Waals surface area (Å²) in [5, 5.41) is 8.30. The zero-order valence-electron chi connectivity index (χ0n) is 9.70. The van der Waals surface area contributed by atoms with Crippen LogP contribution in [-0.4, -0.2) is 22.9 Å². The number of halogens is 1. The standard InChI is InChI=1S/C11H20ClN3/c1-9(2)4-13-5-10(3)7-15-8-11(12)6-14-15/h6,8-10,13H,4-5,7H2,1-3H3. The smallest absolute Gasteiger partial charge is 0.0785 e. The average molecular weight is 230 g/mol. The van der Waals surface area contributed by atoms with E-state index in [1.165, 1.54) is 0 Å². The van der Waals surface area contributed by atoms with Crippen molar-refractivity contribution in [2.24, 2.45) is 11.8 Å². The highest BCUT2D eigenvalue weighted by Gasteiger charge is 2.04. The van der Waals surface area contributed by atoms with Gasteiger partial charge in [0.05, 0.1) is 11.2 Å². The molecule has 0 spiro atoms. The molecule has 15 heavy (non-hydrogen) atoms. The van der Waals surface area contributed by atoms with Crippen LogP contribution in [0.2, 0.25) is 5.02 Å². The molecular weight excluding hydrogens is 210 g/mol. The van der Waals surface area contributed by atoms with Crippen molar-refractivity contribution >= 4 is 11.6 Å². The molecule has 0 radical (unpaired) electrons. The summed E-state index contributed by atoms with van der Waals surface area (Å²) in [6.45, 7) is 9.65. The molecule has 86 valence electrons. The summed E-state index contributed by atoms with van der Waals surface area (Å²) >= 11 is 5.79. The minimum absolute atomic E-state index is 0.569. The van der Waals surface area contributed by atoms with E-state index in [0.717, 1.165) is 19.6 Å². The number of nitrogens with one attached hydrogen (secondary N) is 1. The molecule has 1 N–H and O–H groups in total. The highest BCUT2D eigenvalue weighted by Crippen LogP contribution is 2.06. The van der Waals surface area contributed by atoms with Gasteiger partial charge < -0.3 is 5.32 Å². The van der Waals surface area contributed by atoms with E-state index in [-0.39, 0.29) is 0 Å². The third-order valence-corrected chi connectivity index (χ3v) is 2.34. The molecule has 0 bridgehead atoms. The van der Waals surface area contributed by atoms with Crippen molar-refractivity contribution in [3.05, 3.63) is 17.4 Å². The first-order valence-corrected chi connectivity index (χ1v) is 5.84. The number of aromatic nitrogens is 2. The fourth-order valence-corrected chi connectivity index (χ4v) is 1.60. The van der Waals surface area contributed by atoms with E-state index in [1.807, 2.05) is 10.9 Å². The SMILES string of the molecule is CC(C)CNCC(C)Cn1cc(Cl)cn1. The van der Waals surface area contributed by atoms with Crippen molar-refractivity contribution in [3.63, 3.8) is 0 Å². The Labute approximate surface area is 96.8 Å². The van der Waals surface area contributed by atoms with Gasteiger partial charge in [-0.2, -0.15) is 5.10 Å². The van der Waals surface area contributed by atoms with Crippen LogP contribution >= 0.6 is 11.6 Å². The van der Waals surface area contributed by atoms with Gasteiger partial charge in [0, 0.05) is 12.7 Å². The summed E-state index contributed by atoms with van der Waals surface area (Å²) in [4.78, 5) is 0. The van der Waals surface area contributed by atoms with Crippen LogP contribution in [0, 0.1) is 11.8 Å². The summed E-state index contributed by atoms with van der Waals surface area (Å²) in [5.74, 6) is 1.27. The maximum absolute atomic E-state index is 5.79. The molecular formula is C11H20ClN3. The van der Waals surface area contributed by atoms with E-state index in [4.69, 9.17) is 11.6 Å². The Kier molecular flexibility index (Phi) is 5.12. The van der Waals surface area contributed by atoms with E-state index in [2.05, 4.69) is 31.2 Å². The van der Waals surface area contributed by atoms with E-state index in [0.29, 0.717) is 16.9 Å². The summed E-state index contributed by atoms with van der Waals surface area (Å²) in [7, 11) is 0. The van der Waals surface area contributed by atoms with Crippen LogP contribution in [-0.2, 0) is 6.54 Å². The van der Waals surface area contributed by atoms with Gasteiger partial charge in [-0.15, -0.1) is 0 Å². The summed E-state index contributed by atoms with van der Waals surface area (Å²) < 4.78 is 1.89. The Morgan fingerprint density at radius 2 is 2.13 bits per heavy atom. The summed E-state index contributed by atoms with van der Waals surface area (Å²) in [6, 6.07) is 0. The van der Waals surface area contributed by atoms with Crippen LogP contribution in [0.15, 0.2) is 12.4 Å². The Morgan fingerprint density at radius 3 is 2.67 bits per heavy atom. The molecule has 1 aromatic heterocycles. The largest absolute Gasteiger partial charge is 0.316 e. The molecule has 0 aliphatic heterocycles. The van der Waals surface area contributed by atoms with Gasteiger partial charge in [0.1, 0.15) is 0 Å². The molecule has 0 fully saturated rings. The molecule has 1 heterocycles. The van der Waals surface area contributed by atoms with E-state index >= 15 is 0 Å². The normalized spacial score (nSPS) is 13.4. The van der Waals surface area contributed by atoms with Crippen molar-refractivity contribution in [2.75, 3.05) is 13.1 Å². The lowest BCUT2D eigenvalue weighted by Gasteiger charge is -2.13. The Hall–Kier alpha value is -0.540. The predicted octanol–water partition coefficient (Wildman–Crippen LogP) is 2.42. The average Bonchev–Trinajstić information content (AvgIpc) is 2.50. The minimum Gasteiger partial charge on any atom is -0.316 e. The van der Waals surface area contributed by atoms with Crippen molar-refractivity contribution in [1.29, 1.82) is 0 Å². The van der Waals surface area contributed by atoms with Crippen LogP contribution in [0.3, 0.4) is 0 Å². The van der Waals surface area contributed by atoms with Crippen LogP contribution < -0.4 is 5.32 Å². The van der Waals surface area contributed by atoms with Crippen molar-refractivity contribution in [3.8, 4) is 0 Å². The van der Waals surface area contributed by atoms with Gasteiger partial charge in [-0.1, -0.05) is 32.4 Å². The van der Waals surface area contributed by atoms with Crippen LogP contribution in [0.1, 0.15) is 20.8 Å². The molecule has 0 saturated heterocycles. The lowest BCUT2D eigenvalue weighted by Crippen LogP contribution is -2.27. The Bertz CT molecular complexity index is 283. The topological polar surface area (TPSA) is 29.9 Å². The van der Waals surface area contributed by atoms with Gasteiger partial charge in [-0.25, -0.2) is 0 Å². The predicted molar refractivity (Wildman–Crippen MR) is 64.1 cm³/mol. The highest BCUT2D eigenvalue weighted by molar-refractivity contribution is 6.30. The monoisotopic (exact) mass is 229 g/mol. The quantitative estimate of drug-likeness (QED) is 0.812. The van der Waals surface area contributed by atoms with Gasteiger partial charge in [0.15, 0.2) is 0 Å². The molecule has 3 nitrogen and oxygen atoms in total. The number of rotatable bonds is 6. The minimum atomic E-state index is 0.569. The van der Waals surface area contributed by atoms with E-state index < -0.39 is 0 Å². The summed E-state index contributed by atoms with van der Waals surface area (Å²) in [5.41, 5.74) is 0. The van der Waals surface area contributed by atoms with Gasteiger partial charge in [-0.3, -0.25) is 4.68 Å².